The zero-order valence-corrected chi connectivity index (χ0v) is 12.7. The van der Waals surface area contributed by atoms with Crippen LogP contribution in [0.1, 0.15) is 32.1 Å². The maximum atomic E-state index is 11.8. The number of amides is 2. The number of likely N-dealkylation sites (tertiary alicyclic amines) is 1. The lowest BCUT2D eigenvalue weighted by atomic mass is 9.96. The third-order valence-corrected chi connectivity index (χ3v) is 4.01. The number of carboxylic acid groups (broad SMARTS) is 1. The average molecular weight is 368 g/mol. The number of hydrogen-bond donors (Lipinski definition) is 2. The lowest BCUT2D eigenvalue weighted by molar-refractivity contribution is -0.126. The van der Waals surface area contributed by atoms with E-state index in [4.69, 9.17) is 5.11 Å². The molecule has 2 amide bonds. The summed E-state index contributed by atoms with van der Waals surface area (Å²) in [7, 11) is 0. The highest BCUT2D eigenvalue weighted by Gasteiger charge is 2.26. The third kappa shape index (κ3) is 5.41. The molecule has 0 atom stereocenters. The van der Waals surface area contributed by atoms with Gasteiger partial charge in [0.1, 0.15) is 0 Å². The second kappa shape index (κ2) is 8.55. The summed E-state index contributed by atoms with van der Waals surface area (Å²) in [5, 5.41) is 11.8. The summed E-state index contributed by atoms with van der Waals surface area (Å²) in [6.45, 7) is 1.69. The SMILES string of the molecule is O=C(NCCCCCI)C1CCN(C(=O)O)CC1. The highest BCUT2D eigenvalue weighted by atomic mass is 127. The number of rotatable bonds is 6. The van der Waals surface area contributed by atoms with E-state index in [1.54, 1.807) is 0 Å². The number of unbranched alkanes of at least 4 members (excludes halogenated alkanes) is 2. The maximum Gasteiger partial charge on any atom is 0.407 e. The molecule has 2 N–H and O–H groups in total. The Labute approximate surface area is 121 Å². The van der Waals surface area contributed by atoms with Crippen LogP contribution in [0.15, 0.2) is 0 Å². The van der Waals surface area contributed by atoms with Gasteiger partial charge in [-0.05, 0) is 30.1 Å². The van der Waals surface area contributed by atoms with Gasteiger partial charge in [-0.1, -0.05) is 29.0 Å². The van der Waals surface area contributed by atoms with Crippen molar-refractivity contribution in [2.24, 2.45) is 5.92 Å². The zero-order chi connectivity index (χ0) is 13.4. The topological polar surface area (TPSA) is 69.6 Å². The fourth-order valence-electron chi connectivity index (χ4n) is 2.09. The fourth-order valence-corrected chi connectivity index (χ4v) is 2.62. The molecule has 0 radical (unpaired) electrons. The molecule has 1 aliphatic heterocycles. The number of halogens is 1. The first-order valence-electron chi connectivity index (χ1n) is 6.46. The molecule has 1 saturated heterocycles. The molecule has 5 nitrogen and oxygen atoms in total. The van der Waals surface area contributed by atoms with E-state index in [-0.39, 0.29) is 11.8 Å². The van der Waals surface area contributed by atoms with Crippen LogP contribution in [0.5, 0.6) is 0 Å². The maximum absolute atomic E-state index is 11.8. The number of hydrogen-bond acceptors (Lipinski definition) is 2. The summed E-state index contributed by atoms with van der Waals surface area (Å²) in [5.41, 5.74) is 0. The molecule has 6 heteroatoms. The first kappa shape index (κ1) is 15.5. The van der Waals surface area contributed by atoms with Crippen molar-refractivity contribution in [2.75, 3.05) is 24.1 Å². The van der Waals surface area contributed by atoms with Crippen LogP contribution in [-0.4, -0.2) is 46.1 Å². The van der Waals surface area contributed by atoms with E-state index in [1.165, 1.54) is 15.7 Å². The number of nitrogens with zero attached hydrogens (tertiary/aromatic N) is 1. The van der Waals surface area contributed by atoms with Crippen molar-refractivity contribution < 1.29 is 14.7 Å². The van der Waals surface area contributed by atoms with Crippen molar-refractivity contribution in [1.82, 2.24) is 10.2 Å². The summed E-state index contributed by atoms with van der Waals surface area (Å²) in [6, 6.07) is 0. The molecule has 0 saturated carbocycles. The van der Waals surface area contributed by atoms with Gasteiger partial charge >= 0.3 is 6.09 Å². The highest BCUT2D eigenvalue weighted by Crippen LogP contribution is 2.17. The molecule has 1 rings (SSSR count). The number of carbonyl (C=O) groups excluding carboxylic acids is 1. The minimum Gasteiger partial charge on any atom is -0.465 e. The number of piperidine rings is 1. The molecular formula is C12H21IN2O3. The molecule has 0 aromatic rings. The van der Waals surface area contributed by atoms with Crippen LogP contribution in [-0.2, 0) is 4.79 Å². The fraction of sp³-hybridized carbons (Fsp3) is 0.833. The standard InChI is InChI=1S/C12H21IN2O3/c13-6-2-1-3-7-14-11(16)10-4-8-15(9-5-10)12(17)18/h10H,1-9H2,(H,14,16)(H,17,18). The van der Waals surface area contributed by atoms with Gasteiger partial charge in [0.15, 0.2) is 0 Å². The van der Waals surface area contributed by atoms with Crippen molar-refractivity contribution in [2.45, 2.75) is 32.1 Å². The molecule has 0 aliphatic carbocycles. The Bertz CT molecular complexity index is 278. The van der Waals surface area contributed by atoms with Crippen LogP contribution in [0, 0.1) is 5.92 Å². The largest absolute Gasteiger partial charge is 0.465 e. The molecule has 1 heterocycles. The predicted octanol–water partition coefficient (Wildman–Crippen LogP) is 2.10. The van der Waals surface area contributed by atoms with E-state index >= 15 is 0 Å². The number of nitrogens with one attached hydrogen (secondary N) is 1. The molecule has 18 heavy (non-hydrogen) atoms. The monoisotopic (exact) mass is 368 g/mol. The zero-order valence-electron chi connectivity index (χ0n) is 10.5. The van der Waals surface area contributed by atoms with E-state index in [2.05, 4.69) is 27.9 Å². The first-order valence-corrected chi connectivity index (χ1v) is 7.99. The third-order valence-electron chi connectivity index (χ3n) is 3.25. The number of alkyl halides is 1. The lowest BCUT2D eigenvalue weighted by Gasteiger charge is -2.29. The van der Waals surface area contributed by atoms with Crippen molar-refractivity contribution in [1.29, 1.82) is 0 Å². The summed E-state index contributed by atoms with van der Waals surface area (Å²) in [4.78, 5) is 23.9. The normalized spacial score (nSPS) is 16.6. The predicted molar refractivity (Wildman–Crippen MR) is 78.1 cm³/mol. The van der Waals surface area contributed by atoms with Gasteiger partial charge in [-0.25, -0.2) is 4.79 Å². The minimum atomic E-state index is -0.882. The van der Waals surface area contributed by atoms with Gasteiger partial charge in [-0.15, -0.1) is 0 Å². The Hall–Kier alpha value is -0.530. The van der Waals surface area contributed by atoms with Crippen LogP contribution in [0.2, 0.25) is 0 Å². The van der Waals surface area contributed by atoms with Crippen LogP contribution in [0.4, 0.5) is 4.79 Å². The van der Waals surface area contributed by atoms with Crippen LogP contribution in [0.3, 0.4) is 0 Å². The van der Waals surface area contributed by atoms with E-state index in [1.807, 2.05) is 0 Å². The van der Waals surface area contributed by atoms with Crippen LogP contribution >= 0.6 is 22.6 Å². The average Bonchev–Trinajstić information content (AvgIpc) is 2.38. The minimum absolute atomic E-state index is 0.00910. The quantitative estimate of drug-likeness (QED) is 0.429. The van der Waals surface area contributed by atoms with Gasteiger partial charge in [-0.3, -0.25) is 4.79 Å². The molecule has 1 fully saturated rings. The van der Waals surface area contributed by atoms with E-state index in [0.29, 0.717) is 25.9 Å². The summed E-state index contributed by atoms with van der Waals surface area (Å²) >= 11 is 2.35. The highest BCUT2D eigenvalue weighted by molar-refractivity contribution is 14.1. The molecule has 0 unspecified atom stereocenters. The summed E-state index contributed by atoms with van der Waals surface area (Å²) in [5.74, 6) is 0.0830. The Balaban J connectivity index is 2.14. The van der Waals surface area contributed by atoms with E-state index in [9.17, 15) is 9.59 Å². The van der Waals surface area contributed by atoms with E-state index in [0.717, 1.165) is 19.4 Å². The van der Waals surface area contributed by atoms with Gasteiger partial charge in [0, 0.05) is 25.6 Å². The molecule has 104 valence electrons. The van der Waals surface area contributed by atoms with Gasteiger partial charge in [-0.2, -0.15) is 0 Å². The second-order valence-corrected chi connectivity index (χ2v) is 5.66. The first-order chi connectivity index (χ1) is 8.65. The van der Waals surface area contributed by atoms with Crippen LogP contribution < -0.4 is 5.32 Å². The number of carbonyl (C=O) groups is 2. The Kier molecular flexibility index (Phi) is 7.38. The van der Waals surface area contributed by atoms with Crippen molar-refractivity contribution in [3.63, 3.8) is 0 Å². The molecule has 0 spiro atoms. The Morgan fingerprint density at radius 2 is 1.89 bits per heavy atom. The molecule has 1 aliphatic rings. The van der Waals surface area contributed by atoms with Crippen molar-refractivity contribution in [3.8, 4) is 0 Å². The van der Waals surface area contributed by atoms with Gasteiger partial charge in [0.05, 0.1) is 0 Å². The second-order valence-electron chi connectivity index (χ2n) is 4.58. The van der Waals surface area contributed by atoms with Gasteiger partial charge in [0.25, 0.3) is 0 Å². The smallest absolute Gasteiger partial charge is 0.407 e. The molecule has 0 aromatic carbocycles. The van der Waals surface area contributed by atoms with Crippen molar-refractivity contribution >= 4 is 34.6 Å². The lowest BCUT2D eigenvalue weighted by Crippen LogP contribution is -2.42. The van der Waals surface area contributed by atoms with Gasteiger partial charge < -0.3 is 15.3 Å². The molecule has 0 aromatic heterocycles. The van der Waals surface area contributed by atoms with Gasteiger partial charge in [0.2, 0.25) is 5.91 Å². The molecular weight excluding hydrogens is 347 g/mol. The Morgan fingerprint density at radius 3 is 2.44 bits per heavy atom. The summed E-state index contributed by atoms with van der Waals surface area (Å²) < 4.78 is 1.17. The van der Waals surface area contributed by atoms with Crippen molar-refractivity contribution in [3.05, 3.63) is 0 Å². The molecule has 0 bridgehead atoms. The Morgan fingerprint density at radius 1 is 1.22 bits per heavy atom. The van der Waals surface area contributed by atoms with E-state index < -0.39 is 6.09 Å². The van der Waals surface area contributed by atoms with Crippen LogP contribution in [0.25, 0.3) is 0 Å². The summed E-state index contributed by atoms with van der Waals surface area (Å²) in [6.07, 6.45) is 3.79.